The van der Waals surface area contributed by atoms with E-state index in [0.29, 0.717) is 25.6 Å². The van der Waals surface area contributed by atoms with Crippen molar-refractivity contribution >= 4 is 17.6 Å². The molecule has 2 N–H and O–H groups in total. The third-order valence-electron chi connectivity index (χ3n) is 5.46. The molecule has 1 heterocycles. The fourth-order valence-corrected chi connectivity index (χ4v) is 4.06. The molecule has 0 fully saturated rings. The Bertz CT molecular complexity index is 861. The molecular weight excluding hydrogens is 336 g/mol. The van der Waals surface area contributed by atoms with Gasteiger partial charge in [-0.25, -0.2) is 0 Å². The molecule has 1 atom stereocenters. The molecule has 0 aromatic heterocycles. The van der Waals surface area contributed by atoms with Crippen LogP contribution in [-0.2, 0) is 24.1 Å². The lowest BCUT2D eigenvalue weighted by Gasteiger charge is -2.27. The Morgan fingerprint density at radius 3 is 2.67 bits per heavy atom. The van der Waals surface area contributed by atoms with Crippen LogP contribution in [0.25, 0.3) is 0 Å². The van der Waals surface area contributed by atoms with Crippen LogP contribution < -0.4 is 15.5 Å². The number of rotatable bonds is 4. The van der Waals surface area contributed by atoms with Crippen molar-refractivity contribution in [1.29, 1.82) is 0 Å². The molecule has 1 unspecified atom stereocenters. The highest BCUT2D eigenvalue weighted by Gasteiger charge is 2.26. The number of carbonyl (C=O) groups excluding carboxylic acids is 1. The van der Waals surface area contributed by atoms with Crippen LogP contribution in [0.5, 0.6) is 0 Å². The third kappa shape index (κ3) is 3.82. The maximum absolute atomic E-state index is 12.3. The largest absolute Gasteiger partial charge is 0.355 e. The highest BCUT2D eigenvalue weighted by molar-refractivity contribution is 6.01. The maximum Gasteiger partial charge on any atom is 0.231 e. The number of anilines is 1. The number of guanidine groups is 1. The predicted molar refractivity (Wildman–Crippen MR) is 109 cm³/mol. The lowest BCUT2D eigenvalue weighted by molar-refractivity contribution is -0.117. The molecule has 140 valence electrons. The van der Waals surface area contributed by atoms with E-state index < -0.39 is 0 Å². The van der Waals surface area contributed by atoms with Gasteiger partial charge in [-0.3, -0.25) is 9.79 Å². The van der Waals surface area contributed by atoms with Crippen molar-refractivity contribution < 1.29 is 4.79 Å². The zero-order valence-corrected chi connectivity index (χ0v) is 15.7. The second-order valence-electron chi connectivity index (χ2n) is 7.20. The number of aliphatic imine (C=N–C) groups is 1. The van der Waals surface area contributed by atoms with Crippen LogP contribution >= 0.6 is 0 Å². The normalized spacial score (nSPS) is 18.9. The molecule has 1 amide bonds. The number of benzene rings is 2. The Balaban J connectivity index is 1.30. The summed E-state index contributed by atoms with van der Waals surface area (Å²) in [4.78, 5) is 18.5. The summed E-state index contributed by atoms with van der Waals surface area (Å²) in [5, 5.41) is 6.90. The van der Waals surface area contributed by atoms with E-state index in [1.165, 1.54) is 11.1 Å². The van der Waals surface area contributed by atoms with Gasteiger partial charge in [-0.2, -0.15) is 0 Å². The molecule has 27 heavy (non-hydrogen) atoms. The first-order chi connectivity index (χ1) is 13.2. The smallest absolute Gasteiger partial charge is 0.231 e. The second kappa shape index (κ2) is 7.82. The molecule has 0 saturated carbocycles. The minimum absolute atomic E-state index is 0.171. The summed E-state index contributed by atoms with van der Waals surface area (Å²) in [6.07, 6.45) is 3.74. The van der Waals surface area contributed by atoms with Gasteiger partial charge in [0.2, 0.25) is 5.91 Å². The van der Waals surface area contributed by atoms with Crippen LogP contribution in [-0.4, -0.2) is 38.0 Å². The van der Waals surface area contributed by atoms with Crippen LogP contribution in [0.15, 0.2) is 53.5 Å². The number of para-hydroxylation sites is 1. The van der Waals surface area contributed by atoms with E-state index in [1.807, 2.05) is 29.2 Å². The molecule has 2 aromatic rings. The van der Waals surface area contributed by atoms with E-state index in [4.69, 9.17) is 0 Å². The summed E-state index contributed by atoms with van der Waals surface area (Å²) in [5.41, 5.74) is 5.04. The minimum Gasteiger partial charge on any atom is -0.355 e. The average molecular weight is 362 g/mol. The van der Waals surface area contributed by atoms with Gasteiger partial charge in [-0.05, 0) is 42.0 Å². The summed E-state index contributed by atoms with van der Waals surface area (Å²) >= 11 is 0. The molecule has 2 aliphatic rings. The van der Waals surface area contributed by atoms with Gasteiger partial charge in [-0.15, -0.1) is 0 Å². The van der Waals surface area contributed by atoms with Crippen molar-refractivity contribution in [2.45, 2.75) is 31.7 Å². The molecule has 2 aromatic carbocycles. The Morgan fingerprint density at radius 2 is 1.85 bits per heavy atom. The Kier molecular flexibility index (Phi) is 5.10. The molecule has 5 heteroatoms. The van der Waals surface area contributed by atoms with Gasteiger partial charge in [0.1, 0.15) is 0 Å². The van der Waals surface area contributed by atoms with Gasteiger partial charge in [0.15, 0.2) is 5.96 Å². The van der Waals surface area contributed by atoms with Gasteiger partial charge in [0.05, 0.1) is 6.42 Å². The van der Waals surface area contributed by atoms with Crippen molar-refractivity contribution in [3.63, 3.8) is 0 Å². The number of hydrogen-bond donors (Lipinski definition) is 2. The topological polar surface area (TPSA) is 56.7 Å². The minimum atomic E-state index is 0.171. The van der Waals surface area contributed by atoms with E-state index in [-0.39, 0.29) is 5.91 Å². The number of nitrogens with one attached hydrogen (secondary N) is 2. The first kappa shape index (κ1) is 17.6. The fourth-order valence-electron chi connectivity index (χ4n) is 4.06. The molecule has 1 aliphatic heterocycles. The average Bonchev–Trinajstić information content (AvgIpc) is 3.02. The summed E-state index contributed by atoms with van der Waals surface area (Å²) in [5.74, 6) is 0.976. The van der Waals surface area contributed by atoms with Crippen molar-refractivity contribution in [3.05, 3.63) is 65.2 Å². The van der Waals surface area contributed by atoms with Gasteiger partial charge < -0.3 is 15.5 Å². The lowest BCUT2D eigenvalue weighted by atomic mass is 9.88. The molecule has 0 bridgehead atoms. The van der Waals surface area contributed by atoms with Crippen LogP contribution in [0, 0.1) is 0 Å². The SMILES string of the molecule is CN=C(NCCN1C(=O)Cc2ccccc21)NC1CCc2ccccc2C1. The zero-order chi connectivity index (χ0) is 18.6. The molecule has 4 rings (SSSR count). The number of amides is 1. The van der Waals surface area contributed by atoms with E-state index >= 15 is 0 Å². The standard InChI is InChI=1S/C22H26N4O/c1-23-22(25-19-11-10-16-6-2-3-7-17(16)14-19)24-12-13-26-20-9-5-4-8-18(20)15-21(26)27/h2-9,19H,10-15H2,1H3,(H2,23,24,25). The fraction of sp³-hybridized carbons (Fsp3) is 0.364. The van der Waals surface area contributed by atoms with E-state index in [9.17, 15) is 4.79 Å². The number of fused-ring (bicyclic) bond motifs is 2. The van der Waals surface area contributed by atoms with Crippen LogP contribution in [0.1, 0.15) is 23.1 Å². The molecular formula is C22H26N4O. The first-order valence-corrected chi connectivity index (χ1v) is 9.67. The van der Waals surface area contributed by atoms with Gasteiger partial charge >= 0.3 is 0 Å². The van der Waals surface area contributed by atoms with Crippen molar-refractivity contribution in [2.75, 3.05) is 25.0 Å². The second-order valence-corrected chi connectivity index (χ2v) is 7.20. The van der Waals surface area contributed by atoms with Gasteiger partial charge in [0, 0.05) is 31.9 Å². The summed E-state index contributed by atoms with van der Waals surface area (Å²) in [7, 11) is 1.79. The zero-order valence-electron chi connectivity index (χ0n) is 15.7. The maximum atomic E-state index is 12.3. The lowest BCUT2D eigenvalue weighted by Crippen LogP contribution is -2.47. The Hall–Kier alpha value is -2.82. The summed E-state index contributed by atoms with van der Waals surface area (Å²) in [6.45, 7) is 1.31. The number of carbonyl (C=O) groups is 1. The van der Waals surface area contributed by atoms with Crippen LogP contribution in [0.3, 0.4) is 0 Å². The highest BCUT2D eigenvalue weighted by Crippen LogP contribution is 2.27. The van der Waals surface area contributed by atoms with Crippen molar-refractivity contribution in [1.82, 2.24) is 10.6 Å². The van der Waals surface area contributed by atoms with E-state index in [1.54, 1.807) is 7.05 Å². The predicted octanol–water partition coefficient (Wildman–Crippen LogP) is 2.30. The van der Waals surface area contributed by atoms with Gasteiger partial charge in [0.25, 0.3) is 0 Å². The highest BCUT2D eigenvalue weighted by atomic mass is 16.2. The van der Waals surface area contributed by atoms with Crippen molar-refractivity contribution in [2.24, 2.45) is 4.99 Å². The molecule has 0 spiro atoms. The van der Waals surface area contributed by atoms with Gasteiger partial charge in [-0.1, -0.05) is 42.5 Å². The molecule has 1 aliphatic carbocycles. The van der Waals surface area contributed by atoms with Crippen LogP contribution in [0.4, 0.5) is 5.69 Å². The summed E-state index contributed by atoms with van der Waals surface area (Å²) in [6, 6.07) is 17.1. The number of nitrogens with zero attached hydrogens (tertiary/aromatic N) is 2. The van der Waals surface area contributed by atoms with E-state index in [2.05, 4.69) is 39.9 Å². The quantitative estimate of drug-likeness (QED) is 0.648. The number of aryl methyl sites for hydroxylation is 1. The van der Waals surface area contributed by atoms with E-state index in [0.717, 1.165) is 36.5 Å². The Morgan fingerprint density at radius 1 is 1.11 bits per heavy atom. The number of hydrogen-bond acceptors (Lipinski definition) is 2. The summed E-state index contributed by atoms with van der Waals surface area (Å²) < 4.78 is 0. The van der Waals surface area contributed by atoms with Crippen molar-refractivity contribution in [3.8, 4) is 0 Å². The molecule has 0 saturated heterocycles. The first-order valence-electron chi connectivity index (χ1n) is 9.67. The Labute approximate surface area is 160 Å². The monoisotopic (exact) mass is 362 g/mol. The molecule has 0 radical (unpaired) electrons. The molecule has 5 nitrogen and oxygen atoms in total. The third-order valence-corrected chi connectivity index (χ3v) is 5.46. The van der Waals surface area contributed by atoms with Crippen LogP contribution in [0.2, 0.25) is 0 Å².